The van der Waals surface area contributed by atoms with Crippen molar-refractivity contribution in [2.24, 2.45) is 0 Å². The van der Waals surface area contributed by atoms with Crippen molar-refractivity contribution in [3.8, 4) is 0 Å². The number of nitrogens with zero attached hydrogens (tertiary/aromatic N) is 2. The molecule has 100 valence electrons. The van der Waals surface area contributed by atoms with Crippen molar-refractivity contribution in [2.45, 2.75) is 33.2 Å². The van der Waals surface area contributed by atoms with E-state index in [1.807, 2.05) is 39.6 Å². The lowest BCUT2D eigenvalue weighted by molar-refractivity contribution is -0.133. The molecule has 17 heavy (non-hydrogen) atoms. The molecule has 0 rings (SSSR count). The van der Waals surface area contributed by atoms with Gasteiger partial charge in [0.2, 0.25) is 5.91 Å². The third-order valence-electron chi connectivity index (χ3n) is 2.99. The summed E-state index contributed by atoms with van der Waals surface area (Å²) < 4.78 is 0. The van der Waals surface area contributed by atoms with Gasteiger partial charge in [-0.05, 0) is 34.7 Å². The van der Waals surface area contributed by atoms with E-state index in [0.29, 0.717) is 19.6 Å². The zero-order chi connectivity index (χ0) is 13.6. The average Bonchev–Trinajstić information content (AvgIpc) is 2.25. The zero-order valence-corrected chi connectivity index (χ0v) is 11.8. The molecule has 0 spiro atoms. The van der Waals surface area contributed by atoms with Crippen LogP contribution in [0.3, 0.4) is 0 Å². The van der Waals surface area contributed by atoms with E-state index < -0.39 is 0 Å². The lowest BCUT2D eigenvalue weighted by Crippen LogP contribution is -2.49. The zero-order valence-electron chi connectivity index (χ0n) is 11.8. The molecule has 0 aliphatic heterocycles. The first kappa shape index (κ1) is 16.1. The summed E-state index contributed by atoms with van der Waals surface area (Å²) in [4.78, 5) is 15.7. The first-order valence-electron chi connectivity index (χ1n) is 5.98. The Kier molecular flexibility index (Phi) is 6.42. The van der Waals surface area contributed by atoms with E-state index >= 15 is 0 Å². The highest BCUT2D eigenvalue weighted by Gasteiger charge is 2.25. The van der Waals surface area contributed by atoms with Crippen LogP contribution in [-0.4, -0.2) is 59.6 Å². The molecule has 0 aromatic rings. The van der Waals surface area contributed by atoms with Crippen molar-refractivity contribution in [1.29, 1.82) is 0 Å². The minimum atomic E-state index is -0.377. The Morgan fingerprint density at radius 1 is 1.35 bits per heavy atom. The molecule has 0 aromatic heterocycles. The Morgan fingerprint density at radius 3 is 2.24 bits per heavy atom. The number of hydrogen-bond donors (Lipinski definition) is 1. The number of carbonyl (C=O) groups excluding carboxylic acids is 1. The smallest absolute Gasteiger partial charge is 0.237 e. The third kappa shape index (κ3) is 5.33. The highest BCUT2D eigenvalue weighted by atomic mass is 16.3. The fraction of sp³-hybridized carbons (Fsp3) is 0.769. The van der Waals surface area contributed by atoms with Crippen LogP contribution in [0.1, 0.15) is 27.7 Å². The SMILES string of the molecule is C=C(C)CN(CC)C(=O)CN(C)C(C)(C)CO. The van der Waals surface area contributed by atoms with Gasteiger partial charge in [-0.25, -0.2) is 0 Å². The minimum Gasteiger partial charge on any atom is -0.394 e. The molecule has 0 aliphatic rings. The van der Waals surface area contributed by atoms with Crippen LogP contribution < -0.4 is 0 Å². The molecule has 0 saturated heterocycles. The molecule has 4 nitrogen and oxygen atoms in total. The molecule has 0 bridgehead atoms. The van der Waals surface area contributed by atoms with Gasteiger partial charge in [-0.2, -0.15) is 0 Å². The molecule has 4 heteroatoms. The van der Waals surface area contributed by atoms with Gasteiger partial charge in [0.25, 0.3) is 0 Å². The number of aliphatic hydroxyl groups is 1. The molecule has 1 amide bonds. The largest absolute Gasteiger partial charge is 0.394 e. The van der Waals surface area contributed by atoms with Crippen molar-refractivity contribution >= 4 is 5.91 Å². The summed E-state index contributed by atoms with van der Waals surface area (Å²) in [5.74, 6) is 0.0690. The lowest BCUT2D eigenvalue weighted by atomic mass is 10.1. The van der Waals surface area contributed by atoms with Gasteiger partial charge < -0.3 is 10.0 Å². The van der Waals surface area contributed by atoms with Gasteiger partial charge in [-0.1, -0.05) is 12.2 Å². The van der Waals surface area contributed by atoms with Gasteiger partial charge in [-0.3, -0.25) is 9.69 Å². The second-order valence-electron chi connectivity index (χ2n) is 5.19. The Labute approximate surface area is 105 Å². The van der Waals surface area contributed by atoms with E-state index in [1.54, 1.807) is 4.90 Å². The van der Waals surface area contributed by atoms with Gasteiger partial charge in [0.15, 0.2) is 0 Å². The van der Waals surface area contributed by atoms with E-state index in [0.717, 1.165) is 5.57 Å². The topological polar surface area (TPSA) is 43.8 Å². The molecule has 0 atom stereocenters. The van der Waals surface area contributed by atoms with Gasteiger partial charge in [-0.15, -0.1) is 0 Å². The van der Waals surface area contributed by atoms with Crippen LogP contribution in [0.15, 0.2) is 12.2 Å². The molecule has 0 heterocycles. The van der Waals surface area contributed by atoms with Crippen molar-refractivity contribution < 1.29 is 9.90 Å². The highest BCUT2D eigenvalue weighted by Crippen LogP contribution is 2.11. The Bertz CT molecular complexity index is 275. The van der Waals surface area contributed by atoms with Gasteiger partial charge in [0.05, 0.1) is 13.2 Å². The van der Waals surface area contributed by atoms with Crippen LogP contribution in [0.4, 0.5) is 0 Å². The molecular weight excluding hydrogens is 216 g/mol. The summed E-state index contributed by atoms with van der Waals surface area (Å²) in [6, 6.07) is 0. The maximum absolute atomic E-state index is 12.0. The van der Waals surface area contributed by atoms with E-state index in [2.05, 4.69) is 6.58 Å². The van der Waals surface area contributed by atoms with Crippen molar-refractivity contribution in [3.63, 3.8) is 0 Å². The summed E-state index contributed by atoms with van der Waals surface area (Å²) in [6.07, 6.45) is 0. The number of amides is 1. The number of likely N-dealkylation sites (N-methyl/N-ethyl adjacent to an activating group) is 2. The van der Waals surface area contributed by atoms with Crippen LogP contribution in [0, 0.1) is 0 Å². The predicted molar refractivity (Wildman–Crippen MR) is 70.9 cm³/mol. The molecular formula is C13H26N2O2. The maximum Gasteiger partial charge on any atom is 0.237 e. The van der Waals surface area contributed by atoms with Crippen LogP contribution in [0.25, 0.3) is 0 Å². The first-order valence-corrected chi connectivity index (χ1v) is 5.98. The average molecular weight is 242 g/mol. The quantitative estimate of drug-likeness (QED) is 0.680. The van der Waals surface area contributed by atoms with Crippen LogP contribution in [0.2, 0.25) is 0 Å². The van der Waals surface area contributed by atoms with Crippen LogP contribution in [0.5, 0.6) is 0 Å². The highest BCUT2D eigenvalue weighted by molar-refractivity contribution is 5.78. The third-order valence-corrected chi connectivity index (χ3v) is 2.99. The maximum atomic E-state index is 12.0. The summed E-state index contributed by atoms with van der Waals surface area (Å²) in [5.41, 5.74) is 0.599. The van der Waals surface area contributed by atoms with E-state index in [4.69, 9.17) is 0 Å². The standard InChI is InChI=1S/C13H26N2O2/c1-7-15(8-11(2)3)12(17)9-14(6)13(4,5)10-16/h16H,2,7-10H2,1,3-6H3. The molecule has 0 fully saturated rings. The van der Waals surface area contributed by atoms with Gasteiger partial charge in [0, 0.05) is 18.6 Å². The fourth-order valence-corrected chi connectivity index (χ4v) is 1.34. The van der Waals surface area contributed by atoms with Crippen molar-refractivity contribution in [2.75, 3.05) is 33.3 Å². The summed E-state index contributed by atoms with van der Waals surface area (Å²) in [7, 11) is 1.85. The van der Waals surface area contributed by atoms with Gasteiger partial charge in [0.1, 0.15) is 0 Å². The van der Waals surface area contributed by atoms with Crippen LogP contribution in [-0.2, 0) is 4.79 Å². The second-order valence-corrected chi connectivity index (χ2v) is 5.19. The van der Waals surface area contributed by atoms with E-state index in [-0.39, 0.29) is 18.1 Å². The van der Waals surface area contributed by atoms with Gasteiger partial charge >= 0.3 is 0 Å². The van der Waals surface area contributed by atoms with Crippen LogP contribution >= 0.6 is 0 Å². The summed E-state index contributed by atoms with van der Waals surface area (Å²) in [6.45, 7) is 13.1. The van der Waals surface area contributed by atoms with Crippen molar-refractivity contribution in [3.05, 3.63) is 12.2 Å². The molecule has 0 unspecified atom stereocenters. The number of rotatable bonds is 7. The molecule has 1 N–H and O–H groups in total. The summed E-state index contributed by atoms with van der Waals surface area (Å²) in [5, 5.41) is 9.24. The van der Waals surface area contributed by atoms with E-state index in [9.17, 15) is 9.90 Å². The summed E-state index contributed by atoms with van der Waals surface area (Å²) >= 11 is 0. The normalized spacial score (nSPS) is 11.7. The molecule has 0 aliphatic carbocycles. The molecule has 0 aromatic carbocycles. The first-order chi connectivity index (χ1) is 7.74. The number of hydrogen-bond acceptors (Lipinski definition) is 3. The number of carbonyl (C=O) groups is 1. The molecule has 0 radical (unpaired) electrons. The van der Waals surface area contributed by atoms with Crippen molar-refractivity contribution in [1.82, 2.24) is 9.80 Å². The monoisotopic (exact) mass is 242 g/mol. The number of aliphatic hydroxyl groups excluding tert-OH is 1. The Balaban J connectivity index is 4.46. The molecule has 0 saturated carbocycles. The Morgan fingerprint density at radius 2 is 1.88 bits per heavy atom. The fourth-order valence-electron chi connectivity index (χ4n) is 1.34. The minimum absolute atomic E-state index is 0.0311. The Hall–Kier alpha value is -0.870. The lowest BCUT2D eigenvalue weighted by Gasteiger charge is -2.34. The predicted octanol–water partition coefficient (Wildman–Crippen LogP) is 1.11. The second kappa shape index (κ2) is 6.77. The van der Waals surface area contributed by atoms with E-state index in [1.165, 1.54) is 0 Å².